The number of benzene rings is 3. The Kier molecular flexibility index (Phi) is 9.65. The summed E-state index contributed by atoms with van der Waals surface area (Å²) in [5.74, 6) is 0.0295. The average molecular weight is 744 g/mol. The normalized spacial score (nSPS) is 14.2. The third kappa shape index (κ3) is 6.59. The van der Waals surface area contributed by atoms with Gasteiger partial charge >= 0.3 is 11.9 Å². The molecular formula is C36H31BrN4O7S. The van der Waals surface area contributed by atoms with Gasteiger partial charge in [0, 0.05) is 24.2 Å². The number of nitrogens with zero attached hydrogens (tertiary/aromatic N) is 4. The molecule has 13 heteroatoms. The minimum absolute atomic E-state index is 0.136. The Labute approximate surface area is 293 Å². The van der Waals surface area contributed by atoms with Crippen molar-refractivity contribution in [2.75, 3.05) is 20.8 Å². The zero-order valence-electron chi connectivity index (χ0n) is 27.2. The Morgan fingerprint density at radius 3 is 2.41 bits per heavy atom. The molecule has 49 heavy (non-hydrogen) atoms. The number of ether oxygens (including phenoxy) is 4. The lowest BCUT2D eigenvalue weighted by Crippen LogP contribution is -2.40. The third-order valence-corrected chi connectivity index (χ3v) is 9.35. The summed E-state index contributed by atoms with van der Waals surface area (Å²) in [6.07, 6.45) is 3.65. The van der Waals surface area contributed by atoms with Gasteiger partial charge in [0.25, 0.3) is 5.56 Å². The molecule has 0 saturated carbocycles. The predicted molar refractivity (Wildman–Crippen MR) is 188 cm³/mol. The van der Waals surface area contributed by atoms with Crippen molar-refractivity contribution in [3.05, 3.63) is 119 Å². The fourth-order valence-corrected chi connectivity index (χ4v) is 7.16. The maximum Gasteiger partial charge on any atom is 0.338 e. The first kappa shape index (κ1) is 33.6. The molecule has 11 nitrogen and oxygen atoms in total. The van der Waals surface area contributed by atoms with Crippen LogP contribution in [0, 0.1) is 0 Å². The highest BCUT2D eigenvalue weighted by molar-refractivity contribution is 9.10. The molecule has 0 aliphatic carbocycles. The van der Waals surface area contributed by atoms with Crippen LogP contribution >= 0.6 is 27.3 Å². The number of para-hydroxylation sites is 1. The molecule has 1 aliphatic rings. The largest absolute Gasteiger partial charge is 0.496 e. The van der Waals surface area contributed by atoms with E-state index in [-0.39, 0.29) is 29.2 Å². The smallest absolute Gasteiger partial charge is 0.338 e. The molecule has 6 rings (SSSR count). The van der Waals surface area contributed by atoms with Crippen LogP contribution in [0.15, 0.2) is 98.5 Å². The first-order valence-corrected chi connectivity index (χ1v) is 16.8. The lowest BCUT2D eigenvalue weighted by molar-refractivity contribution is -0.139. The molecule has 0 N–H and O–H groups in total. The van der Waals surface area contributed by atoms with Crippen LogP contribution in [-0.4, -0.2) is 47.1 Å². The quantitative estimate of drug-likeness (QED) is 0.146. The number of methoxy groups -OCH3 is 2. The van der Waals surface area contributed by atoms with Gasteiger partial charge in [0.05, 0.1) is 52.8 Å². The molecule has 5 aromatic rings. The maximum absolute atomic E-state index is 14.4. The monoisotopic (exact) mass is 742 g/mol. The molecule has 1 unspecified atom stereocenters. The van der Waals surface area contributed by atoms with Crippen LogP contribution in [0.5, 0.6) is 17.2 Å². The van der Waals surface area contributed by atoms with Gasteiger partial charge in [-0.3, -0.25) is 14.2 Å². The number of carbonyl (C=O) groups excluding carboxylic acids is 2. The molecule has 0 fully saturated rings. The topological polar surface area (TPSA) is 123 Å². The van der Waals surface area contributed by atoms with Crippen molar-refractivity contribution < 1.29 is 28.5 Å². The zero-order chi connectivity index (χ0) is 34.8. The van der Waals surface area contributed by atoms with Crippen LogP contribution in [0.3, 0.4) is 0 Å². The molecule has 0 amide bonds. The van der Waals surface area contributed by atoms with Crippen LogP contribution in [0.4, 0.5) is 0 Å². The van der Waals surface area contributed by atoms with Crippen LogP contribution < -0.4 is 29.1 Å². The maximum atomic E-state index is 14.4. The number of hydrogen-bond donors (Lipinski definition) is 0. The fourth-order valence-electron chi connectivity index (χ4n) is 5.59. The molecule has 250 valence electrons. The molecule has 0 bridgehead atoms. The van der Waals surface area contributed by atoms with Gasteiger partial charge in [0.2, 0.25) is 0 Å². The third-order valence-electron chi connectivity index (χ3n) is 7.75. The second-order valence-corrected chi connectivity index (χ2v) is 12.7. The SMILES string of the molecule is CCOC(=O)C1=C(C)N=c2sc(=Cc3cn(-c4ccccc4)nc3-c3ccc(OC)c(Br)c3)c(=O)n2C1c1ccc(OC(C)=O)c(OC)c1. The van der Waals surface area contributed by atoms with Gasteiger partial charge < -0.3 is 18.9 Å². The Hall–Kier alpha value is -5.27. The number of carbonyl (C=O) groups is 2. The lowest BCUT2D eigenvalue weighted by atomic mass is 9.95. The van der Waals surface area contributed by atoms with Gasteiger partial charge in [-0.1, -0.05) is 35.6 Å². The van der Waals surface area contributed by atoms with E-state index < -0.39 is 18.0 Å². The van der Waals surface area contributed by atoms with E-state index in [1.807, 2.05) is 54.7 Å². The fraction of sp³-hybridized carbons (Fsp3) is 0.194. The summed E-state index contributed by atoms with van der Waals surface area (Å²) >= 11 is 4.78. The summed E-state index contributed by atoms with van der Waals surface area (Å²) in [4.78, 5) is 44.6. The van der Waals surface area contributed by atoms with Crippen LogP contribution in [0.2, 0.25) is 0 Å². The Bertz CT molecular complexity index is 2310. The highest BCUT2D eigenvalue weighted by atomic mass is 79.9. The summed E-state index contributed by atoms with van der Waals surface area (Å²) in [6, 6.07) is 19.3. The summed E-state index contributed by atoms with van der Waals surface area (Å²) in [7, 11) is 3.04. The van der Waals surface area contributed by atoms with Gasteiger partial charge in [-0.05, 0) is 83.9 Å². The Morgan fingerprint density at radius 2 is 1.73 bits per heavy atom. The number of esters is 2. The second-order valence-electron chi connectivity index (χ2n) is 10.9. The van der Waals surface area contributed by atoms with Crippen molar-refractivity contribution in [1.82, 2.24) is 14.3 Å². The molecular weight excluding hydrogens is 712 g/mol. The average Bonchev–Trinajstić information content (AvgIpc) is 3.64. The summed E-state index contributed by atoms with van der Waals surface area (Å²) < 4.78 is 26.1. The van der Waals surface area contributed by atoms with E-state index in [4.69, 9.17) is 29.0 Å². The number of hydrogen-bond acceptors (Lipinski definition) is 10. The van der Waals surface area contributed by atoms with Crippen molar-refractivity contribution in [2.45, 2.75) is 26.8 Å². The summed E-state index contributed by atoms with van der Waals surface area (Å²) in [5.41, 5.74) is 3.79. The van der Waals surface area contributed by atoms with Crippen molar-refractivity contribution in [3.63, 3.8) is 0 Å². The van der Waals surface area contributed by atoms with E-state index in [1.165, 1.54) is 29.9 Å². The molecule has 0 radical (unpaired) electrons. The van der Waals surface area contributed by atoms with E-state index in [0.717, 1.165) is 15.7 Å². The lowest BCUT2D eigenvalue weighted by Gasteiger charge is -2.25. The number of aromatic nitrogens is 3. The molecule has 1 aliphatic heterocycles. The predicted octanol–water partition coefficient (Wildman–Crippen LogP) is 5.36. The number of allylic oxidation sites excluding steroid dienone is 1. The van der Waals surface area contributed by atoms with Crippen LogP contribution in [0.25, 0.3) is 23.0 Å². The first-order valence-electron chi connectivity index (χ1n) is 15.2. The molecule has 3 heterocycles. The van der Waals surface area contributed by atoms with Crippen LogP contribution in [-0.2, 0) is 14.3 Å². The number of halogens is 1. The highest BCUT2D eigenvalue weighted by Gasteiger charge is 2.34. The number of thiazole rings is 1. The van der Waals surface area contributed by atoms with Crippen LogP contribution in [0.1, 0.15) is 37.9 Å². The molecule has 3 aromatic carbocycles. The van der Waals surface area contributed by atoms with Gasteiger partial charge in [-0.2, -0.15) is 5.10 Å². The Morgan fingerprint density at radius 1 is 1.00 bits per heavy atom. The van der Waals surface area contributed by atoms with Crippen molar-refractivity contribution in [1.29, 1.82) is 0 Å². The van der Waals surface area contributed by atoms with E-state index >= 15 is 0 Å². The summed E-state index contributed by atoms with van der Waals surface area (Å²) in [6.45, 7) is 4.85. The van der Waals surface area contributed by atoms with E-state index in [0.29, 0.717) is 37.6 Å². The minimum atomic E-state index is -0.901. The first-order chi connectivity index (χ1) is 23.6. The highest BCUT2D eigenvalue weighted by Crippen LogP contribution is 2.37. The van der Waals surface area contributed by atoms with E-state index in [1.54, 1.807) is 49.9 Å². The molecule has 1 atom stereocenters. The van der Waals surface area contributed by atoms with E-state index in [2.05, 4.69) is 15.9 Å². The van der Waals surface area contributed by atoms with Gasteiger partial charge in [0.15, 0.2) is 16.3 Å². The van der Waals surface area contributed by atoms with Gasteiger partial charge in [-0.25, -0.2) is 14.5 Å². The minimum Gasteiger partial charge on any atom is -0.496 e. The number of rotatable bonds is 9. The zero-order valence-corrected chi connectivity index (χ0v) is 29.6. The Balaban J connectivity index is 1.56. The molecule has 0 spiro atoms. The van der Waals surface area contributed by atoms with Crippen molar-refractivity contribution in [2.24, 2.45) is 4.99 Å². The van der Waals surface area contributed by atoms with Crippen molar-refractivity contribution in [3.8, 4) is 34.2 Å². The van der Waals surface area contributed by atoms with Gasteiger partial charge in [0.1, 0.15) is 11.4 Å². The molecule has 0 saturated heterocycles. The van der Waals surface area contributed by atoms with Crippen molar-refractivity contribution >= 4 is 45.3 Å². The van der Waals surface area contributed by atoms with E-state index in [9.17, 15) is 14.4 Å². The second kappa shape index (κ2) is 14.1. The molecule has 2 aromatic heterocycles. The van der Waals surface area contributed by atoms with Gasteiger partial charge in [-0.15, -0.1) is 0 Å². The standard InChI is InChI=1S/C36H31BrN4O7S/c1-6-47-35(44)31-20(2)38-36-41(33(31)23-13-15-28(48-21(3)42)29(17-23)46-5)34(43)30(49-36)18-24-19-40(25-10-8-7-9-11-25)39-32(24)22-12-14-27(45-4)26(37)16-22/h7-19,33H,6H2,1-5H3. The summed E-state index contributed by atoms with van der Waals surface area (Å²) in [5, 5.41) is 4.91. The number of fused-ring (bicyclic) bond motifs is 1.